The first-order valence-electron chi connectivity index (χ1n) is 3.75. The van der Waals surface area contributed by atoms with Crippen molar-refractivity contribution in [1.82, 2.24) is 0 Å². The summed E-state index contributed by atoms with van der Waals surface area (Å²) in [5.41, 5.74) is 0.131. The van der Waals surface area contributed by atoms with E-state index in [0.717, 1.165) is 0 Å². The molecule has 3 nitrogen and oxygen atoms in total. The van der Waals surface area contributed by atoms with Gasteiger partial charge in [0.05, 0.1) is 12.8 Å². The zero-order valence-electron chi connectivity index (χ0n) is 7.43. The van der Waals surface area contributed by atoms with Gasteiger partial charge in [-0.05, 0) is 12.1 Å². The number of carbonyl (C=O) groups is 1. The molecule has 0 aliphatic heterocycles. The van der Waals surface area contributed by atoms with Crippen LogP contribution in [0.5, 0.6) is 5.75 Å². The maximum Gasteiger partial charge on any atom is 0.221 e. The molecule has 0 unspecified atom stereocenters. The van der Waals surface area contributed by atoms with Gasteiger partial charge in [-0.15, -0.1) is 0 Å². The highest BCUT2D eigenvalue weighted by Crippen LogP contribution is 2.23. The fourth-order valence-corrected chi connectivity index (χ4v) is 0.955. The summed E-state index contributed by atoms with van der Waals surface area (Å²) in [4.78, 5) is 10.6. The van der Waals surface area contributed by atoms with Gasteiger partial charge in [-0.3, -0.25) is 4.79 Å². The lowest BCUT2D eigenvalue weighted by atomic mass is 10.3. The van der Waals surface area contributed by atoms with E-state index in [1.54, 1.807) is 6.07 Å². The van der Waals surface area contributed by atoms with Crippen molar-refractivity contribution >= 4 is 11.6 Å². The van der Waals surface area contributed by atoms with E-state index < -0.39 is 5.82 Å². The molecule has 0 heterocycles. The zero-order chi connectivity index (χ0) is 9.84. The normalized spacial score (nSPS) is 9.46. The molecule has 0 aromatic heterocycles. The standard InChI is InChI=1S/C9H10FNO2/c1-6(12)11-7-4-3-5-8(13-2)9(7)10/h3-5H,1-2H3,(H,11,12). The Morgan fingerprint density at radius 2 is 2.23 bits per heavy atom. The summed E-state index contributed by atoms with van der Waals surface area (Å²) >= 11 is 0. The Morgan fingerprint density at radius 1 is 1.54 bits per heavy atom. The minimum Gasteiger partial charge on any atom is -0.494 e. The van der Waals surface area contributed by atoms with Crippen LogP contribution in [0, 0.1) is 5.82 Å². The van der Waals surface area contributed by atoms with Crippen molar-refractivity contribution in [3.63, 3.8) is 0 Å². The number of ether oxygens (including phenoxy) is 1. The van der Waals surface area contributed by atoms with E-state index in [4.69, 9.17) is 4.74 Å². The number of hydrogen-bond donors (Lipinski definition) is 1. The predicted molar refractivity (Wildman–Crippen MR) is 47.3 cm³/mol. The second kappa shape index (κ2) is 3.89. The van der Waals surface area contributed by atoms with Crippen LogP contribution in [0.25, 0.3) is 0 Å². The molecule has 1 amide bonds. The average molecular weight is 183 g/mol. The third-order valence-corrected chi connectivity index (χ3v) is 1.49. The van der Waals surface area contributed by atoms with Crippen LogP contribution in [0.1, 0.15) is 6.92 Å². The molecule has 0 aliphatic carbocycles. The number of carbonyl (C=O) groups excluding carboxylic acids is 1. The molecule has 0 atom stereocenters. The molecule has 0 fully saturated rings. The van der Waals surface area contributed by atoms with Crippen LogP contribution in [0.15, 0.2) is 18.2 Å². The van der Waals surface area contributed by atoms with Gasteiger partial charge in [0.1, 0.15) is 0 Å². The van der Waals surface area contributed by atoms with Gasteiger partial charge < -0.3 is 10.1 Å². The zero-order valence-corrected chi connectivity index (χ0v) is 7.43. The van der Waals surface area contributed by atoms with Crippen molar-refractivity contribution in [3.05, 3.63) is 24.0 Å². The third kappa shape index (κ3) is 2.18. The van der Waals surface area contributed by atoms with Crippen molar-refractivity contribution in [2.24, 2.45) is 0 Å². The maximum atomic E-state index is 13.3. The Kier molecular flexibility index (Phi) is 2.84. The van der Waals surface area contributed by atoms with Crippen LogP contribution in [-0.4, -0.2) is 13.0 Å². The highest BCUT2D eigenvalue weighted by Gasteiger charge is 2.08. The van der Waals surface area contributed by atoms with Gasteiger partial charge in [-0.1, -0.05) is 6.07 Å². The second-order valence-corrected chi connectivity index (χ2v) is 2.50. The summed E-state index contributed by atoms with van der Waals surface area (Å²) in [7, 11) is 1.37. The molecule has 1 rings (SSSR count). The van der Waals surface area contributed by atoms with E-state index in [-0.39, 0.29) is 17.3 Å². The van der Waals surface area contributed by atoms with Gasteiger partial charge in [0.25, 0.3) is 0 Å². The van der Waals surface area contributed by atoms with E-state index >= 15 is 0 Å². The second-order valence-electron chi connectivity index (χ2n) is 2.50. The van der Waals surface area contributed by atoms with Crippen molar-refractivity contribution in [1.29, 1.82) is 0 Å². The monoisotopic (exact) mass is 183 g/mol. The van der Waals surface area contributed by atoms with Gasteiger partial charge in [-0.25, -0.2) is 4.39 Å². The van der Waals surface area contributed by atoms with E-state index in [1.165, 1.54) is 26.2 Å². The molecular formula is C9H10FNO2. The summed E-state index contributed by atoms with van der Waals surface area (Å²) in [6.07, 6.45) is 0. The minimum absolute atomic E-state index is 0.117. The number of rotatable bonds is 2. The molecule has 0 saturated heterocycles. The van der Waals surface area contributed by atoms with Gasteiger partial charge >= 0.3 is 0 Å². The van der Waals surface area contributed by atoms with Gasteiger partial charge in [0.15, 0.2) is 11.6 Å². The van der Waals surface area contributed by atoms with Crippen molar-refractivity contribution in [3.8, 4) is 5.75 Å². The van der Waals surface area contributed by atoms with E-state index in [1.807, 2.05) is 0 Å². The Hall–Kier alpha value is -1.58. The smallest absolute Gasteiger partial charge is 0.221 e. The lowest BCUT2D eigenvalue weighted by molar-refractivity contribution is -0.114. The number of nitrogens with one attached hydrogen (secondary N) is 1. The number of benzene rings is 1. The van der Waals surface area contributed by atoms with Gasteiger partial charge in [-0.2, -0.15) is 0 Å². The van der Waals surface area contributed by atoms with Crippen LogP contribution >= 0.6 is 0 Å². The number of anilines is 1. The summed E-state index contributed by atoms with van der Waals surface area (Å²) in [5.74, 6) is -0.751. The highest BCUT2D eigenvalue weighted by atomic mass is 19.1. The number of halogens is 1. The fourth-order valence-electron chi connectivity index (χ4n) is 0.955. The Morgan fingerprint density at radius 3 is 2.77 bits per heavy atom. The largest absolute Gasteiger partial charge is 0.494 e. The molecule has 1 aromatic rings. The molecule has 0 bridgehead atoms. The number of hydrogen-bond acceptors (Lipinski definition) is 2. The first-order chi connectivity index (χ1) is 6.15. The number of methoxy groups -OCH3 is 1. The van der Waals surface area contributed by atoms with Crippen molar-refractivity contribution in [2.45, 2.75) is 6.92 Å². The lowest BCUT2D eigenvalue weighted by Gasteiger charge is -2.06. The molecule has 0 aliphatic rings. The topological polar surface area (TPSA) is 38.3 Å². The Bertz CT molecular complexity index is 325. The first kappa shape index (κ1) is 9.51. The minimum atomic E-state index is -0.555. The van der Waals surface area contributed by atoms with Gasteiger partial charge in [0, 0.05) is 6.92 Å². The molecule has 1 N–H and O–H groups in total. The molecule has 4 heteroatoms. The Labute approximate surface area is 75.5 Å². The molecule has 0 spiro atoms. The van der Waals surface area contributed by atoms with E-state index in [9.17, 15) is 9.18 Å². The summed E-state index contributed by atoms with van der Waals surface area (Å²) < 4.78 is 18.0. The Balaban J connectivity index is 3.01. The third-order valence-electron chi connectivity index (χ3n) is 1.49. The van der Waals surface area contributed by atoms with Gasteiger partial charge in [0.2, 0.25) is 5.91 Å². The quantitative estimate of drug-likeness (QED) is 0.759. The van der Waals surface area contributed by atoms with Crippen LogP contribution in [0.3, 0.4) is 0 Å². The van der Waals surface area contributed by atoms with Crippen LogP contribution in [0.2, 0.25) is 0 Å². The van der Waals surface area contributed by atoms with Crippen molar-refractivity contribution in [2.75, 3.05) is 12.4 Å². The average Bonchev–Trinajstić information content (AvgIpc) is 2.08. The SMILES string of the molecule is COc1cccc(NC(C)=O)c1F. The summed E-state index contributed by atoms with van der Waals surface area (Å²) in [6, 6.07) is 4.56. The lowest BCUT2D eigenvalue weighted by Crippen LogP contribution is -2.07. The fraction of sp³-hybridized carbons (Fsp3) is 0.222. The van der Waals surface area contributed by atoms with Crippen LogP contribution in [0.4, 0.5) is 10.1 Å². The molecule has 0 radical (unpaired) electrons. The van der Waals surface area contributed by atoms with E-state index in [0.29, 0.717) is 0 Å². The molecule has 70 valence electrons. The van der Waals surface area contributed by atoms with E-state index in [2.05, 4.69) is 5.32 Å². The molecular weight excluding hydrogens is 173 g/mol. The molecule has 13 heavy (non-hydrogen) atoms. The number of amides is 1. The predicted octanol–water partition coefficient (Wildman–Crippen LogP) is 1.79. The van der Waals surface area contributed by atoms with Crippen LogP contribution < -0.4 is 10.1 Å². The maximum absolute atomic E-state index is 13.3. The summed E-state index contributed by atoms with van der Waals surface area (Å²) in [6.45, 7) is 1.32. The highest BCUT2D eigenvalue weighted by molar-refractivity contribution is 5.89. The first-order valence-corrected chi connectivity index (χ1v) is 3.75. The summed E-state index contributed by atoms with van der Waals surface area (Å²) in [5, 5.41) is 2.35. The molecule has 0 saturated carbocycles. The van der Waals surface area contributed by atoms with Crippen LogP contribution in [-0.2, 0) is 4.79 Å². The van der Waals surface area contributed by atoms with Crippen molar-refractivity contribution < 1.29 is 13.9 Å². The molecule has 1 aromatic carbocycles.